The Morgan fingerprint density at radius 1 is 1.31 bits per heavy atom. The number of nitrogens with zero attached hydrogens (tertiary/aromatic N) is 2. The quantitative estimate of drug-likeness (QED) is 0.494. The van der Waals surface area contributed by atoms with E-state index in [0.717, 1.165) is 35.5 Å². The highest BCUT2D eigenvalue weighted by atomic mass is 32.2. The molecule has 1 aliphatic heterocycles. The van der Waals surface area contributed by atoms with Crippen molar-refractivity contribution >= 4 is 35.0 Å². The van der Waals surface area contributed by atoms with E-state index >= 15 is 0 Å². The molecule has 0 saturated carbocycles. The SMILES string of the molecule is CC1Cc2ccccc2N1C(=O)CSc1ccc(C(N)=O)cc1[N+](=O)[O-]. The summed E-state index contributed by atoms with van der Waals surface area (Å²) in [6.45, 7) is 1.98. The molecule has 2 aromatic rings. The van der Waals surface area contributed by atoms with Crippen LogP contribution >= 0.6 is 11.8 Å². The van der Waals surface area contributed by atoms with E-state index in [0.29, 0.717) is 4.90 Å². The maximum Gasteiger partial charge on any atom is 0.283 e. The number of nitro benzene ring substituents is 1. The minimum absolute atomic E-state index is 0.0488. The second-order valence-electron chi connectivity index (χ2n) is 6.04. The van der Waals surface area contributed by atoms with Crippen LogP contribution < -0.4 is 10.6 Å². The lowest BCUT2D eigenvalue weighted by Gasteiger charge is -2.22. The number of fused-ring (bicyclic) bond motifs is 1. The van der Waals surface area contributed by atoms with E-state index in [9.17, 15) is 19.7 Å². The Morgan fingerprint density at radius 3 is 2.73 bits per heavy atom. The zero-order chi connectivity index (χ0) is 18.8. The fourth-order valence-electron chi connectivity index (χ4n) is 3.09. The highest BCUT2D eigenvalue weighted by Gasteiger charge is 2.30. The van der Waals surface area contributed by atoms with Gasteiger partial charge in [0.25, 0.3) is 5.69 Å². The number of hydrogen-bond acceptors (Lipinski definition) is 5. The molecule has 0 spiro atoms. The van der Waals surface area contributed by atoms with Crippen LogP contribution in [0.25, 0.3) is 0 Å². The van der Waals surface area contributed by atoms with Gasteiger partial charge in [-0.1, -0.05) is 18.2 Å². The van der Waals surface area contributed by atoms with Crippen molar-refractivity contribution in [3.05, 3.63) is 63.7 Å². The Bertz CT molecular complexity index is 900. The van der Waals surface area contributed by atoms with Gasteiger partial charge < -0.3 is 10.6 Å². The highest BCUT2D eigenvalue weighted by Crippen LogP contribution is 2.34. The number of nitrogens with two attached hydrogens (primary N) is 1. The monoisotopic (exact) mass is 371 g/mol. The van der Waals surface area contributed by atoms with Crippen molar-refractivity contribution in [2.75, 3.05) is 10.7 Å². The second kappa shape index (κ2) is 7.17. The predicted molar refractivity (Wildman–Crippen MR) is 99.4 cm³/mol. The highest BCUT2D eigenvalue weighted by molar-refractivity contribution is 8.00. The van der Waals surface area contributed by atoms with E-state index in [4.69, 9.17) is 5.73 Å². The molecule has 1 aliphatic rings. The summed E-state index contributed by atoms with van der Waals surface area (Å²) in [7, 11) is 0. The van der Waals surface area contributed by atoms with E-state index in [1.807, 2.05) is 31.2 Å². The van der Waals surface area contributed by atoms with E-state index in [-0.39, 0.29) is 29.0 Å². The van der Waals surface area contributed by atoms with Crippen LogP contribution in [0.4, 0.5) is 11.4 Å². The van der Waals surface area contributed by atoms with Crippen LogP contribution in [0.15, 0.2) is 47.4 Å². The Kier molecular flexibility index (Phi) is 4.94. The third-order valence-electron chi connectivity index (χ3n) is 4.27. The predicted octanol–water partition coefficient (Wildman–Crippen LogP) is 2.76. The van der Waals surface area contributed by atoms with E-state index in [1.165, 1.54) is 12.1 Å². The van der Waals surface area contributed by atoms with Gasteiger partial charge in [0.15, 0.2) is 0 Å². The number of nitro groups is 1. The molecule has 2 aromatic carbocycles. The van der Waals surface area contributed by atoms with Gasteiger partial charge in [-0.05, 0) is 37.1 Å². The Balaban J connectivity index is 1.78. The summed E-state index contributed by atoms with van der Waals surface area (Å²) in [6.07, 6.45) is 0.792. The van der Waals surface area contributed by atoms with E-state index in [1.54, 1.807) is 4.90 Å². The molecule has 134 valence electrons. The normalized spacial score (nSPS) is 15.6. The summed E-state index contributed by atoms with van der Waals surface area (Å²) in [5.74, 6) is -0.779. The van der Waals surface area contributed by atoms with Gasteiger partial charge >= 0.3 is 0 Å². The second-order valence-corrected chi connectivity index (χ2v) is 7.06. The van der Waals surface area contributed by atoms with Crippen molar-refractivity contribution in [2.45, 2.75) is 24.3 Å². The number of thioether (sulfide) groups is 1. The van der Waals surface area contributed by atoms with Crippen LogP contribution in [0.1, 0.15) is 22.8 Å². The molecular weight excluding hydrogens is 354 g/mol. The van der Waals surface area contributed by atoms with Gasteiger partial charge in [0.05, 0.1) is 15.6 Å². The number of carbonyl (C=O) groups excluding carboxylic acids is 2. The number of primary amides is 1. The average molecular weight is 371 g/mol. The molecule has 0 bridgehead atoms. The molecule has 2 amide bonds. The number of rotatable bonds is 5. The van der Waals surface area contributed by atoms with Gasteiger partial charge in [0.1, 0.15) is 0 Å². The van der Waals surface area contributed by atoms with Crippen LogP contribution in [-0.4, -0.2) is 28.5 Å². The summed E-state index contributed by atoms with van der Waals surface area (Å²) in [4.78, 5) is 36.7. The van der Waals surface area contributed by atoms with Crippen molar-refractivity contribution in [1.82, 2.24) is 0 Å². The smallest absolute Gasteiger partial charge is 0.283 e. The minimum Gasteiger partial charge on any atom is -0.366 e. The average Bonchev–Trinajstić information content (AvgIpc) is 2.95. The third kappa shape index (κ3) is 3.41. The van der Waals surface area contributed by atoms with E-state index in [2.05, 4.69) is 0 Å². The van der Waals surface area contributed by atoms with Crippen molar-refractivity contribution in [1.29, 1.82) is 0 Å². The zero-order valence-corrected chi connectivity index (χ0v) is 14.9. The first-order valence-electron chi connectivity index (χ1n) is 7.99. The van der Waals surface area contributed by atoms with Crippen molar-refractivity contribution < 1.29 is 14.5 Å². The first kappa shape index (κ1) is 17.9. The topological polar surface area (TPSA) is 107 Å². The molecule has 3 rings (SSSR count). The summed E-state index contributed by atoms with van der Waals surface area (Å²) in [5, 5.41) is 11.3. The molecule has 1 atom stereocenters. The molecule has 1 heterocycles. The number of anilines is 1. The third-order valence-corrected chi connectivity index (χ3v) is 5.31. The minimum atomic E-state index is -0.733. The standard InChI is InChI=1S/C18H17N3O4S/c1-11-8-12-4-2-3-5-14(12)20(11)17(22)10-26-16-7-6-13(18(19)23)9-15(16)21(24)25/h2-7,9,11H,8,10H2,1H3,(H2,19,23). The van der Waals surface area contributed by atoms with Gasteiger partial charge in [-0.3, -0.25) is 19.7 Å². The lowest BCUT2D eigenvalue weighted by molar-refractivity contribution is -0.387. The molecule has 26 heavy (non-hydrogen) atoms. The number of hydrogen-bond donors (Lipinski definition) is 1. The molecule has 0 aromatic heterocycles. The number of amides is 2. The Labute approximate surface area is 154 Å². The van der Waals surface area contributed by atoms with Gasteiger partial charge in [0, 0.05) is 23.4 Å². The van der Waals surface area contributed by atoms with Crippen molar-refractivity contribution in [3.8, 4) is 0 Å². The molecule has 2 N–H and O–H groups in total. The van der Waals surface area contributed by atoms with Crippen LogP contribution in [0, 0.1) is 10.1 Å². The number of para-hydroxylation sites is 1. The number of benzene rings is 2. The van der Waals surface area contributed by atoms with E-state index < -0.39 is 10.8 Å². The van der Waals surface area contributed by atoms with Crippen LogP contribution in [0.3, 0.4) is 0 Å². The van der Waals surface area contributed by atoms with Crippen LogP contribution in [-0.2, 0) is 11.2 Å². The lowest BCUT2D eigenvalue weighted by atomic mass is 10.1. The van der Waals surface area contributed by atoms with Crippen molar-refractivity contribution in [2.24, 2.45) is 5.73 Å². The van der Waals surface area contributed by atoms with Gasteiger partial charge in [-0.2, -0.15) is 0 Å². The molecule has 1 unspecified atom stereocenters. The molecular formula is C18H17N3O4S. The zero-order valence-electron chi connectivity index (χ0n) is 14.0. The van der Waals surface area contributed by atoms with Crippen LogP contribution in [0.2, 0.25) is 0 Å². The molecule has 7 nitrogen and oxygen atoms in total. The molecule has 8 heteroatoms. The molecule has 0 fully saturated rings. The van der Waals surface area contributed by atoms with Gasteiger partial charge in [-0.25, -0.2) is 0 Å². The first-order chi connectivity index (χ1) is 12.4. The number of carbonyl (C=O) groups is 2. The van der Waals surface area contributed by atoms with Crippen LogP contribution in [0.5, 0.6) is 0 Å². The Morgan fingerprint density at radius 2 is 2.04 bits per heavy atom. The largest absolute Gasteiger partial charge is 0.366 e. The summed E-state index contributed by atoms with van der Waals surface area (Å²) in [5.41, 5.74) is 7.02. The lowest BCUT2D eigenvalue weighted by Crippen LogP contribution is -2.36. The molecule has 0 aliphatic carbocycles. The maximum absolute atomic E-state index is 12.7. The fraction of sp³-hybridized carbons (Fsp3) is 0.222. The molecule has 0 radical (unpaired) electrons. The van der Waals surface area contributed by atoms with Crippen molar-refractivity contribution in [3.63, 3.8) is 0 Å². The molecule has 0 saturated heterocycles. The fourth-order valence-corrected chi connectivity index (χ4v) is 3.95. The maximum atomic E-state index is 12.7. The Hall–Kier alpha value is -2.87. The first-order valence-corrected chi connectivity index (χ1v) is 8.98. The summed E-state index contributed by atoms with van der Waals surface area (Å²) in [6, 6.07) is 11.8. The summed E-state index contributed by atoms with van der Waals surface area (Å²) < 4.78 is 0. The van der Waals surface area contributed by atoms with Gasteiger partial charge in [0.2, 0.25) is 11.8 Å². The van der Waals surface area contributed by atoms with Gasteiger partial charge in [-0.15, -0.1) is 11.8 Å². The summed E-state index contributed by atoms with van der Waals surface area (Å²) >= 11 is 1.08.